The smallest absolute Gasteiger partial charge is 0.203 e. The highest BCUT2D eigenvalue weighted by Crippen LogP contribution is 2.26. The average Bonchev–Trinajstić information content (AvgIpc) is 3.21. The largest absolute Gasteiger partial charge is 0.486 e. The van der Waals surface area contributed by atoms with E-state index in [1.165, 1.54) is 6.08 Å². The summed E-state index contributed by atoms with van der Waals surface area (Å²) in [4.78, 5) is 12.2. The van der Waals surface area contributed by atoms with Crippen LogP contribution < -0.4 is 4.74 Å². The number of nitrogens with zero attached hydrogens (tertiary/aromatic N) is 2. The molecule has 3 aromatic rings. The molecule has 27 heavy (non-hydrogen) atoms. The molecule has 6 heteroatoms. The van der Waals surface area contributed by atoms with E-state index >= 15 is 0 Å². The third-order valence-electron chi connectivity index (χ3n) is 4.13. The van der Waals surface area contributed by atoms with Crippen molar-refractivity contribution < 1.29 is 13.9 Å². The fraction of sp³-hybridized carbons (Fsp3) is 0.238. The van der Waals surface area contributed by atoms with Crippen LogP contribution in [-0.2, 0) is 13.7 Å². The number of hydrogen-bond donors (Lipinski definition) is 0. The molecule has 3 rings (SSSR count). The van der Waals surface area contributed by atoms with Crippen molar-refractivity contribution >= 4 is 23.5 Å². The molecule has 1 aromatic carbocycles. The van der Waals surface area contributed by atoms with Gasteiger partial charge in [-0.05, 0) is 74.4 Å². The first-order valence-electron chi connectivity index (χ1n) is 8.55. The van der Waals surface area contributed by atoms with Crippen LogP contribution in [0.3, 0.4) is 0 Å². The number of ether oxygens (including phenoxy) is 1. The van der Waals surface area contributed by atoms with Gasteiger partial charge in [0.2, 0.25) is 5.78 Å². The first kappa shape index (κ1) is 19.0. The van der Waals surface area contributed by atoms with Crippen LogP contribution in [0.1, 0.15) is 38.8 Å². The zero-order valence-electron chi connectivity index (χ0n) is 15.7. The maximum atomic E-state index is 12.2. The minimum Gasteiger partial charge on any atom is -0.486 e. The second kappa shape index (κ2) is 7.84. The summed E-state index contributed by atoms with van der Waals surface area (Å²) in [5.41, 5.74) is 3.28. The highest BCUT2D eigenvalue weighted by Gasteiger charge is 2.09. The molecule has 0 atom stereocenters. The van der Waals surface area contributed by atoms with Crippen LogP contribution in [0, 0.1) is 20.8 Å². The maximum Gasteiger partial charge on any atom is 0.203 e. The molecule has 0 saturated carbocycles. The van der Waals surface area contributed by atoms with Crippen molar-refractivity contribution in [2.24, 2.45) is 7.05 Å². The van der Waals surface area contributed by atoms with Crippen LogP contribution in [0.4, 0.5) is 0 Å². The Hall–Kier alpha value is -2.79. The molecule has 140 valence electrons. The Balaban J connectivity index is 1.63. The molecular weight excluding hydrogens is 364 g/mol. The first-order chi connectivity index (χ1) is 12.8. The number of furan rings is 1. The SMILES string of the molecule is Cc1cc(C(=O)/C=C/c2ccc(COc3cc(C)c(Cl)c(C)c3)o2)n(C)n1. The van der Waals surface area contributed by atoms with Gasteiger partial charge in [0.1, 0.15) is 29.6 Å². The minimum atomic E-state index is -0.126. The summed E-state index contributed by atoms with van der Waals surface area (Å²) < 4.78 is 13.0. The van der Waals surface area contributed by atoms with Crippen LogP contribution in [0.15, 0.2) is 40.8 Å². The van der Waals surface area contributed by atoms with Crippen LogP contribution in [0.2, 0.25) is 5.02 Å². The van der Waals surface area contributed by atoms with E-state index in [0.717, 1.165) is 27.6 Å². The number of hydrogen-bond acceptors (Lipinski definition) is 4. The molecule has 0 saturated heterocycles. The molecule has 0 amide bonds. The van der Waals surface area contributed by atoms with E-state index in [9.17, 15) is 4.79 Å². The van der Waals surface area contributed by atoms with Crippen molar-refractivity contribution in [3.8, 4) is 5.75 Å². The van der Waals surface area contributed by atoms with Crippen molar-refractivity contribution in [2.45, 2.75) is 27.4 Å². The Morgan fingerprint density at radius 1 is 1.22 bits per heavy atom. The molecule has 0 aliphatic carbocycles. The Kier molecular flexibility index (Phi) is 5.51. The lowest BCUT2D eigenvalue weighted by Crippen LogP contribution is -2.03. The number of carbonyl (C=O) groups is 1. The molecular formula is C21H21ClN2O3. The van der Waals surface area contributed by atoms with E-state index < -0.39 is 0 Å². The van der Waals surface area contributed by atoms with Crippen LogP contribution in [0.5, 0.6) is 5.75 Å². The van der Waals surface area contributed by atoms with E-state index in [0.29, 0.717) is 23.8 Å². The zero-order chi connectivity index (χ0) is 19.6. The molecule has 2 heterocycles. The summed E-state index contributed by atoms with van der Waals surface area (Å²) in [6.07, 6.45) is 3.12. The lowest BCUT2D eigenvalue weighted by Gasteiger charge is -2.08. The fourth-order valence-electron chi connectivity index (χ4n) is 2.79. The molecule has 0 aliphatic rings. The maximum absolute atomic E-state index is 12.2. The molecule has 0 unspecified atom stereocenters. The predicted octanol–water partition coefficient (Wildman–Crippen LogP) is 5.07. The van der Waals surface area contributed by atoms with Gasteiger partial charge in [-0.15, -0.1) is 0 Å². The van der Waals surface area contributed by atoms with Gasteiger partial charge in [0.15, 0.2) is 0 Å². The molecule has 0 fully saturated rings. The summed E-state index contributed by atoms with van der Waals surface area (Å²) in [6.45, 7) is 6.03. The molecule has 0 spiro atoms. The molecule has 0 radical (unpaired) electrons. The number of halogens is 1. The second-order valence-corrected chi connectivity index (χ2v) is 6.83. The van der Waals surface area contributed by atoms with Gasteiger partial charge < -0.3 is 9.15 Å². The fourth-order valence-corrected chi connectivity index (χ4v) is 2.90. The Labute approximate surface area is 163 Å². The highest BCUT2D eigenvalue weighted by atomic mass is 35.5. The van der Waals surface area contributed by atoms with E-state index in [-0.39, 0.29) is 5.78 Å². The second-order valence-electron chi connectivity index (χ2n) is 6.46. The minimum absolute atomic E-state index is 0.126. The Morgan fingerprint density at radius 2 is 1.93 bits per heavy atom. The standard InChI is InChI=1S/C21H21ClN2O3/c1-13-9-18(10-14(2)21(13)22)26-12-17-6-5-16(27-17)7-8-20(25)19-11-15(3)23-24(19)4/h5-11H,12H2,1-4H3/b8-7+. The molecule has 0 N–H and O–H groups in total. The van der Waals surface area contributed by atoms with Gasteiger partial charge in [0.05, 0.1) is 5.69 Å². The number of aromatic nitrogens is 2. The van der Waals surface area contributed by atoms with Crippen LogP contribution in [0.25, 0.3) is 6.08 Å². The molecule has 2 aromatic heterocycles. The van der Waals surface area contributed by atoms with Crippen LogP contribution in [-0.4, -0.2) is 15.6 Å². The number of ketones is 1. The number of benzene rings is 1. The number of allylic oxidation sites excluding steroid dienone is 1. The summed E-state index contributed by atoms with van der Waals surface area (Å²) in [5, 5.41) is 4.93. The number of aryl methyl sites for hydroxylation is 4. The quantitative estimate of drug-likeness (QED) is 0.440. The Morgan fingerprint density at radius 3 is 2.56 bits per heavy atom. The van der Waals surface area contributed by atoms with Crippen molar-refractivity contribution in [3.63, 3.8) is 0 Å². The van der Waals surface area contributed by atoms with Crippen molar-refractivity contribution in [1.82, 2.24) is 9.78 Å². The topological polar surface area (TPSA) is 57.3 Å². The highest BCUT2D eigenvalue weighted by molar-refractivity contribution is 6.32. The van der Waals surface area contributed by atoms with Gasteiger partial charge in [0.25, 0.3) is 0 Å². The summed E-state index contributed by atoms with van der Waals surface area (Å²) in [5.74, 6) is 1.87. The summed E-state index contributed by atoms with van der Waals surface area (Å²) in [6, 6.07) is 9.18. The monoisotopic (exact) mass is 384 g/mol. The first-order valence-corrected chi connectivity index (χ1v) is 8.92. The van der Waals surface area contributed by atoms with Gasteiger partial charge in [-0.25, -0.2) is 0 Å². The normalized spacial score (nSPS) is 11.3. The van der Waals surface area contributed by atoms with Crippen molar-refractivity contribution in [1.29, 1.82) is 0 Å². The number of carbonyl (C=O) groups excluding carboxylic acids is 1. The number of rotatable bonds is 6. The lowest BCUT2D eigenvalue weighted by molar-refractivity contribution is 0.103. The van der Waals surface area contributed by atoms with Crippen molar-refractivity contribution in [2.75, 3.05) is 0 Å². The average molecular weight is 385 g/mol. The predicted molar refractivity (Wildman–Crippen MR) is 105 cm³/mol. The third kappa shape index (κ3) is 4.49. The molecule has 0 bridgehead atoms. The molecule has 0 aliphatic heterocycles. The lowest BCUT2D eigenvalue weighted by atomic mass is 10.1. The zero-order valence-corrected chi connectivity index (χ0v) is 16.5. The molecule has 5 nitrogen and oxygen atoms in total. The van der Waals surface area contributed by atoms with Gasteiger partial charge in [-0.1, -0.05) is 11.6 Å². The van der Waals surface area contributed by atoms with Gasteiger partial charge in [0, 0.05) is 12.1 Å². The van der Waals surface area contributed by atoms with Gasteiger partial charge in [-0.2, -0.15) is 5.10 Å². The van der Waals surface area contributed by atoms with E-state index in [4.69, 9.17) is 20.8 Å². The third-order valence-corrected chi connectivity index (χ3v) is 4.72. The van der Waals surface area contributed by atoms with E-state index in [2.05, 4.69) is 5.10 Å². The van der Waals surface area contributed by atoms with Crippen LogP contribution >= 0.6 is 11.6 Å². The van der Waals surface area contributed by atoms with E-state index in [1.54, 1.807) is 29.9 Å². The Bertz CT molecular complexity index is 991. The van der Waals surface area contributed by atoms with E-state index in [1.807, 2.05) is 39.0 Å². The summed E-state index contributed by atoms with van der Waals surface area (Å²) in [7, 11) is 1.75. The van der Waals surface area contributed by atoms with Gasteiger partial charge >= 0.3 is 0 Å². The summed E-state index contributed by atoms with van der Waals surface area (Å²) >= 11 is 6.17. The van der Waals surface area contributed by atoms with Crippen molar-refractivity contribution in [3.05, 3.63) is 75.5 Å². The van der Waals surface area contributed by atoms with Gasteiger partial charge in [-0.3, -0.25) is 9.48 Å².